The summed E-state index contributed by atoms with van der Waals surface area (Å²) in [6, 6.07) is 69.4. The van der Waals surface area contributed by atoms with Crippen molar-refractivity contribution in [1.29, 1.82) is 0 Å². The first-order valence-corrected chi connectivity index (χ1v) is 21.4. The Morgan fingerprint density at radius 1 is 0.250 bits per heavy atom. The molecule has 282 valence electrons. The van der Waals surface area contributed by atoms with Crippen molar-refractivity contribution in [3.8, 4) is 77.9 Å². The van der Waals surface area contributed by atoms with Gasteiger partial charge in [-0.2, -0.15) is 0 Å². The van der Waals surface area contributed by atoms with Crippen molar-refractivity contribution in [2.45, 2.75) is 38.5 Å². The van der Waals surface area contributed by atoms with E-state index in [1.165, 1.54) is 132 Å². The fourth-order valence-electron chi connectivity index (χ4n) is 11.7. The lowest BCUT2D eigenvalue weighted by molar-refractivity contribution is 0.660. The summed E-state index contributed by atoms with van der Waals surface area (Å²) in [6.07, 6.45) is 0. The molecular formula is C60H42. The van der Waals surface area contributed by atoms with Crippen LogP contribution in [0.1, 0.15) is 49.9 Å². The van der Waals surface area contributed by atoms with Gasteiger partial charge < -0.3 is 0 Å². The summed E-state index contributed by atoms with van der Waals surface area (Å²) in [5.41, 5.74) is 23.8. The maximum absolute atomic E-state index is 2.51. The summed E-state index contributed by atoms with van der Waals surface area (Å²) in [5.74, 6) is 0. The lowest BCUT2D eigenvalue weighted by Crippen LogP contribution is -2.15. The van der Waals surface area contributed by atoms with E-state index in [0.29, 0.717) is 0 Å². The van der Waals surface area contributed by atoms with Crippen LogP contribution >= 0.6 is 0 Å². The largest absolute Gasteiger partial charge is 0.0619 e. The topological polar surface area (TPSA) is 0 Å². The molecule has 0 saturated heterocycles. The van der Waals surface area contributed by atoms with Crippen molar-refractivity contribution in [2.75, 3.05) is 0 Å². The number of benzene rings is 10. The highest BCUT2D eigenvalue weighted by Crippen LogP contribution is 2.55. The predicted molar refractivity (Wildman–Crippen MR) is 255 cm³/mol. The van der Waals surface area contributed by atoms with E-state index >= 15 is 0 Å². The van der Waals surface area contributed by atoms with Gasteiger partial charge in [0.15, 0.2) is 0 Å². The Hall–Kier alpha value is -7.02. The Morgan fingerprint density at radius 2 is 0.650 bits per heavy atom. The molecule has 0 unspecified atom stereocenters. The minimum atomic E-state index is -0.102. The molecule has 0 aromatic heterocycles. The van der Waals surface area contributed by atoms with Crippen LogP contribution in [0.15, 0.2) is 182 Å². The molecule has 0 amide bonds. The Balaban J connectivity index is 1.10. The summed E-state index contributed by atoms with van der Waals surface area (Å²) in [4.78, 5) is 0. The molecule has 60 heavy (non-hydrogen) atoms. The molecule has 0 bridgehead atoms. The maximum atomic E-state index is 2.51. The first-order valence-electron chi connectivity index (χ1n) is 21.4. The van der Waals surface area contributed by atoms with Crippen LogP contribution in [0.25, 0.3) is 110 Å². The lowest BCUT2D eigenvalue weighted by Gasteiger charge is -2.24. The van der Waals surface area contributed by atoms with Gasteiger partial charge in [0.2, 0.25) is 0 Å². The van der Waals surface area contributed by atoms with E-state index in [-0.39, 0.29) is 10.8 Å². The molecule has 13 rings (SSSR count). The van der Waals surface area contributed by atoms with Crippen molar-refractivity contribution in [3.63, 3.8) is 0 Å². The molecule has 3 aliphatic rings. The molecule has 10 aromatic carbocycles. The van der Waals surface area contributed by atoms with Gasteiger partial charge in [0.1, 0.15) is 0 Å². The van der Waals surface area contributed by atoms with Gasteiger partial charge in [-0.3, -0.25) is 0 Å². The molecule has 0 spiro atoms. The molecule has 0 aliphatic heterocycles. The number of fused-ring (bicyclic) bond motifs is 11. The highest BCUT2D eigenvalue weighted by molar-refractivity contribution is 6.23. The van der Waals surface area contributed by atoms with Gasteiger partial charge in [-0.15, -0.1) is 0 Å². The quantitative estimate of drug-likeness (QED) is 0.157. The third-order valence-electron chi connectivity index (χ3n) is 14.6. The van der Waals surface area contributed by atoms with Crippen molar-refractivity contribution in [1.82, 2.24) is 0 Å². The van der Waals surface area contributed by atoms with E-state index in [1.807, 2.05) is 0 Å². The summed E-state index contributed by atoms with van der Waals surface area (Å²) >= 11 is 0. The van der Waals surface area contributed by atoms with Gasteiger partial charge in [0.25, 0.3) is 0 Å². The van der Waals surface area contributed by atoms with Crippen LogP contribution in [-0.4, -0.2) is 0 Å². The van der Waals surface area contributed by atoms with Gasteiger partial charge in [0, 0.05) is 10.8 Å². The molecule has 0 nitrogen and oxygen atoms in total. The summed E-state index contributed by atoms with van der Waals surface area (Å²) < 4.78 is 0. The molecular weight excluding hydrogens is 721 g/mol. The molecule has 3 aliphatic carbocycles. The van der Waals surface area contributed by atoms with Crippen LogP contribution in [0.4, 0.5) is 0 Å². The Bertz CT molecular complexity index is 3510. The predicted octanol–water partition coefficient (Wildman–Crippen LogP) is 16.4. The zero-order chi connectivity index (χ0) is 40.1. The average molecular weight is 763 g/mol. The smallest absolute Gasteiger partial charge is 0.0159 e. The Kier molecular flexibility index (Phi) is 6.67. The fraction of sp³-hybridized carbons (Fsp3) is 0.100. The highest BCUT2D eigenvalue weighted by atomic mass is 14.4. The normalized spacial score (nSPS) is 14.6. The van der Waals surface area contributed by atoms with Gasteiger partial charge in [0.05, 0.1) is 0 Å². The highest BCUT2D eigenvalue weighted by Gasteiger charge is 2.37. The molecule has 0 fully saturated rings. The van der Waals surface area contributed by atoms with Gasteiger partial charge >= 0.3 is 0 Å². The fourth-order valence-corrected chi connectivity index (χ4v) is 11.7. The van der Waals surface area contributed by atoms with E-state index in [1.54, 1.807) is 0 Å². The average Bonchev–Trinajstić information content (AvgIpc) is 3.82. The van der Waals surface area contributed by atoms with Crippen molar-refractivity contribution in [3.05, 3.63) is 204 Å². The number of hydrogen-bond acceptors (Lipinski definition) is 0. The second kappa shape index (κ2) is 11.8. The molecule has 0 heterocycles. The van der Waals surface area contributed by atoms with Crippen LogP contribution in [0.3, 0.4) is 0 Å². The Labute approximate surface area is 351 Å². The van der Waals surface area contributed by atoms with E-state index in [4.69, 9.17) is 0 Å². The zero-order valence-electron chi connectivity index (χ0n) is 34.3. The second-order valence-electron chi connectivity index (χ2n) is 18.4. The van der Waals surface area contributed by atoms with Gasteiger partial charge in [-0.25, -0.2) is 0 Å². The molecule has 0 saturated carbocycles. The first-order chi connectivity index (χ1) is 29.3. The van der Waals surface area contributed by atoms with Crippen molar-refractivity contribution < 1.29 is 0 Å². The van der Waals surface area contributed by atoms with Crippen LogP contribution < -0.4 is 0 Å². The lowest BCUT2D eigenvalue weighted by atomic mass is 9.79. The van der Waals surface area contributed by atoms with Crippen molar-refractivity contribution >= 4 is 32.3 Å². The third kappa shape index (κ3) is 4.36. The maximum Gasteiger partial charge on any atom is 0.0159 e. The molecule has 0 radical (unpaired) electrons. The van der Waals surface area contributed by atoms with E-state index in [2.05, 4.69) is 210 Å². The minimum absolute atomic E-state index is 0.0924. The van der Waals surface area contributed by atoms with E-state index in [9.17, 15) is 0 Å². The molecule has 10 aromatic rings. The standard InChI is InChI=1S/C60H42/c1-59(2)52-22-11-9-16-41(52)43-27-25-36(33-54(43)59)56-47-18-7-8-19-48(47)57(37-26-28-44-42-17-10-12-23-53(42)60(3,4)55(44)34-37)51-32-35(24-29-50(51)56)38-30-31-49-40-15-6-5-14-39(40)46-21-13-20-45(38)58(46)49/h5-34H,1-4H3. The summed E-state index contributed by atoms with van der Waals surface area (Å²) in [7, 11) is 0. The summed E-state index contributed by atoms with van der Waals surface area (Å²) in [5, 5.41) is 7.79. The summed E-state index contributed by atoms with van der Waals surface area (Å²) in [6.45, 7) is 9.55. The van der Waals surface area contributed by atoms with E-state index in [0.717, 1.165) is 0 Å². The Morgan fingerprint density at radius 3 is 1.25 bits per heavy atom. The van der Waals surface area contributed by atoms with Crippen LogP contribution in [-0.2, 0) is 10.8 Å². The van der Waals surface area contributed by atoms with E-state index < -0.39 is 0 Å². The number of rotatable bonds is 3. The van der Waals surface area contributed by atoms with Crippen molar-refractivity contribution in [2.24, 2.45) is 0 Å². The zero-order valence-corrected chi connectivity index (χ0v) is 34.3. The molecule has 0 atom stereocenters. The molecule has 0 N–H and O–H groups in total. The van der Waals surface area contributed by atoms with Crippen LogP contribution in [0.2, 0.25) is 0 Å². The molecule has 0 heteroatoms. The SMILES string of the molecule is CC1(C)c2ccccc2-c2ccc(-c3c4ccccc4c(-c4ccc5c(c4)C(C)(C)c4ccccc4-5)c4cc(-c5ccc6c7c(cccc57)-c5ccccc5-6)ccc34)cc21. The monoisotopic (exact) mass is 762 g/mol. The third-order valence-corrected chi connectivity index (χ3v) is 14.6. The van der Waals surface area contributed by atoms with Crippen LogP contribution in [0.5, 0.6) is 0 Å². The second-order valence-corrected chi connectivity index (χ2v) is 18.4. The first kappa shape index (κ1) is 33.9. The number of hydrogen-bond donors (Lipinski definition) is 0. The minimum Gasteiger partial charge on any atom is -0.0619 e. The van der Waals surface area contributed by atoms with Crippen LogP contribution in [0, 0.1) is 0 Å². The van der Waals surface area contributed by atoms with Gasteiger partial charge in [-0.05, 0) is 151 Å². The van der Waals surface area contributed by atoms with Gasteiger partial charge in [-0.1, -0.05) is 191 Å².